The zero-order valence-corrected chi connectivity index (χ0v) is 14.4. The number of hydrogen-bond acceptors (Lipinski definition) is 4. The van der Waals surface area contributed by atoms with Gasteiger partial charge in [0.15, 0.2) is 5.65 Å². The van der Waals surface area contributed by atoms with Gasteiger partial charge in [0.05, 0.1) is 11.8 Å². The van der Waals surface area contributed by atoms with E-state index in [1.54, 1.807) is 41.2 Å². The second-order valence-electron chi connectivity index (χ2n) is 5.73. The number of hydrogen-bond donors (Lipinski definition) is 2. The molecule has 0 spiro atoms. The fraction of sp³-hybridized carbons (Fsp3) is 0.176. The van der Waals surface area contributed by atoms with E-state index in [4.69, 9.17) is 11.6 Å². The topological polar surface area (TPSA) is 88.9 Å². The maximum atomic E-state index is 12.2. The van der Waals surface area contributed by atoms with Crippen LogP contribution in [0.5, 0.6) is 0 Å². The Kier molecular flexibility index (Phi) is 4.67. The fourth-order valence-corrected chi connectivity index (χ4v) is 2.43. The molecule has 0 saturated carbocycles. The highest BCUT2D eigenvalue weighted by Gasteiger charge is 2.13. The van der Waals surface area contributed by atoms with E-state index in [-0.39, 0.29) is 6.04 Å². The lowest BCUT2D eigenvalue weighted by atomic mass is 10.2. The maximum absolute atomic E-state index is 12.2. The van der Waals surface area contributed by atoms with Crippen LogP contribution in [0.15, 0.2) is 42.7 Å². The Bertz CT molecular complexity index is 934. The van der Waals surface area contributed by atoms with E-state index in [0.29, 0.717) is 21.8 Å². The van der Waals surface area contributed by atoms with Gasteiger partial charge in [0.1, 0.15) is 0 Å². The number of amides is 2. The smallest absolute Gasteiger partial charge is 0.267 e. The van der Waals surface area contributed by atoms with Crippen LogP contribution >= 0.6 is 11.6 Å². The molecule has 2 heterocycles. The van der Waals surface area contributed by atoms with Crippen molar-refractivity contribution in [3.8, 4) is 0 Å². The van der Waals surface area contributed by atoms with Gasteiger partial charge in [0, 0.05) is 28.2 Å². The molecule has 8 heteroatoms. The third-order valence-electron chi connectivity index (χ3n) is 3.58. The number of benzene rings is 1. The standard InChI is InChI=1S/C17H16ClN5O2/c1-10(2)23-15-12(9-20-23)7-13(8-19-15)17(25)22-21-16(24)11-3-5-14(18)6-4-11/h3-10H,1-2H3,(H,21,24)(H,22,25). The van der Waals surface area contributed by atoms with Crippen molar-refractivity contribution in [2.24, 2.45) is 0 Å². The predicted molar refractivity (Wildman–Crippen MR) is 94.3 cm³/mol. The molecule has 128 valence electrons. The number of hydrazine groups is 1. The van der Waals surface area contributed by atoms with Crippen molar-refractivity contribution < 1.29 is 9.59 Å². The largest absolute Gasteiger partial charge is 0.271 e. The molecule has 0 unspecified atom stereocenters. The minimum absolute atomic E-state index is 0.170. The van der Waals surface area contributed by atoms with Crippen molar-refractivity contribution >= 4 is 34.4 Å². The van der Waals surface area contributed by atoms with E-state index < -0.39 is 11.8 Å². The molecule has 3 rings (SSSR count). The first-order valence-corrected chi connectivity index (χ1v) is 8.03. The molecule has 2 aromatic heterocycles. The highest BCUT2D eigenvalue weighted by Crippen LogP contribution is 2.16. The number of carbonyl (C=O) groups is 2. The lowest BCUT2D eigenvalue weighted by Gasteiger charge is -2.08. The van der Waals surface area contributed by atoms with Crippen LogP contribution in [0, 0.1) is 0 Å². The molecule has 0 saturated heterocycles. The molecule has 7 nitrogen and oxygen atoms in total. The molecular weight excluding hydrogens is 342 g/mol. The number of nitrogens with zero attached hydrogens (tertiary/aromatic N) is 3. The molecule has 3 aromatic rings. The van der Waals surface area contributed by atoms with Crippen molar-refractivity contribution in [2.45, 2.75) is 19.9 Å². The molecular formula is C17H16ClN5O2. The molecule has 0 fully saturated rings. The Morgan fingerprint density at radius 3 is 2.32 bits per heavy atom. The second-order valence-corrected chi connectivity index (χ2v) is 6.17. The number of aromatic nitrogens is 3. The average Bonchev–Trinajstić information content (AvgIpc) is 3.03. The minimum Gasteiger partial charge on any atom is -0.267 e. The molecule has 0 aliphatic heterocycles. The van der Waals surface area contributed by atoms with Gasteiger partial charge in [-0.1, -0.05) is 11.6 Å². The summed E-state index contributed by atoms with van der Waals surface area (Å²) in [5, 5.41) is 5.54. The third-order valence-corrected chi connectivity index (χ3v) is 3.83. The summed E-state index contributed by atoms with van der Waals surface area (Å²) in [4.78, 5) is 28.5. The van der Waals surface area contributed by atoms with Gasteiger partial charge in [-0.15, -0.1) is 0 Å². The van der Waals surface area contributed by atoms with Crippen molar-refractivity contribution in [1.82, 2.24) is 25.6 Å². The van der Waals surface area contributed by atoms with Crippen LogP contribution in [0.4, 0.5) is 0 Å². The Morgan fingerprint density at radius 2 is 1.68 bits per heavy atom. The van der Waals surface area contributed by atoms with E-state index in [0.717, 1.165) is 5.39 Å². The van der Waals surface area contributed by atoms with Crippen molar-refractivity contribution in [3.05, 3.63) is 58.9 Å². The molecule has 0 atom stereocenters. The summed E-state index contributed by atoms with van der Waals surface area (Å²) in [5.41, 5.74) is 6.14. The van der Waals surface area contributed by atoms with Crippen molar-refractivity contribution in [3.63, 3.8) is 0 Å². The summed E-state index contributed by atoms with van der Waals surface area (Å²) < 4.78 is 1.78. The van der Waals surface area contributed by atoms with Gasteiger partial charge in [0.25, 0.3) is 11.8 Å². The van der Waals surface area contributed by atoms with Gasteiger partial charge in [-0.3, -0.25) is 20.4 Å². The SMILES string of the molecule is CC(C)n1ncc2cc(C(=O)NNC(=O)c3ccc(Cl)cc3)cnc21. The van der Waals surface area contributed by atoms with Gasteiger partial charge in [0.2, 0.25) is 0 Å². The molecule has 0 aliphatic carbocycles. The zero-order chi connectivity index (χ0) is 18.0. The maximum Gasteiger partial charge on any atom is 0.271 e. The number of rotatable bonds is 3. The van der Waals surface area contributed by atoms with Gasteiger partial charge in [-0.2, -0.15) is 5.10 Å². The lowest BCUT2D eigenvalue weighted by molar-refractivity contribution is 0.0846. The number of carbonyl (C=O) groups excluding carboxylic acids is 2. The Hall–Kier alpha value is -2.93. The van der Waals surface area contributed by atoms with Crippen LogP contribution in [-0.2, 0) is 0 Å². The molecule has 2 amide bonds. The summed E-state index contributed by atoms with van der Waals surface area (Å²) in [6.07, 6.45) is 3.11. The summed E-state index contributed by atoms with van der Waals surface area (Å²) in [5.74, 6) is -0.902. The van der Waals surface area contributed by atoms with Crippen LogP contribution in [0.3, 0.4) is 0 Å². The number of nitrogens with one attached hydrogen (secondary N) is 2. The molecule has 0 radical (unpaired) electrons. The Balaban J connectivity index is 1.69. The zero-order valence-electron chi connectivity index (χ0n) is 13.7. The van der Waals surface area contributed by atoms with Crippen LogP contribution < -0.4 is 10.9 Å². The highest BCUT2D eigenvalue weighted by molar-refractivity contribution is 6.30. The van der Waals surface area contributed by atoms with Gasteiger partial charge in [-0.25, -0.2) is 9.67 Å². The van der Waals surface area contributed by atoms with E-state index in [1.165, 1.54) is 6.20 Å². The molecule has 1 aromatic carbocycles. The van der Waals surface area contributed by atoms with Crippen LogP contribution in [0.25, 0.3) is 11.0 Å². The summed E-state index contributed by atoms with van der Waals surface area (Å²) in [6.45, 7) is 4.00. The fourth-order valence-electron chi connectivity index (χ4n) is 2.30. The summed E-state index contributed by atoms with van der Waals surface area (Å²) in [7, 11) is 0. The number of pyridine rings is 1. The first-order chi connectivity index (χ1) is 12.0. The third kappa shape index (κ3) is 3.61. The Morgan fingerprint density at radius 1 is 1.04 bits per heavy atom. The molecule has 2 N–H and O–H groups in total. The summed E-state index contributed by atoms with van der Waals surface area (Å²) in [6, 6.07) is 8.18. The monoisotopic (exact) mass is 357 g/mol. The van der Waals surface area contributed by atoms with Crippen LogP contribution in [0.1, 0.15) is 40.6 Å². The lowest BCUT2D eigenvalue weighted by Crippen LogP contribution is -2.41. The van der Waals surface area contributed by atoms with Gasteiger partial charge < -0.3 is 0 Å². The van der Waals surface area contributed by atoms with Crippen LogP contribution in [0.2, 0.25) is 5.02 Å². The Labute approximate surface area is 149 Å². The van der Waals surface area contributed by atoms with E-state index in [1.807, 2.05) is 13.8 Å². The summed E-state index contributed by atoms with van der Waals surface area (Å²) >= 11 is 5.78. The molecule has 0 aliphatic rings. The van der Waals surface area contributed by atoms with E-state index >= 15 is 0 Å². The first kappa shape index (κ1) is 16.9. The van der Waals surface area contributed by atoms with Gasteiger partial charge in [-0.05, 0) is 44.2 Å². The minimum atomic E-state index is -0.464. The van der Waals surface area contributed by atoms with Gasteiger partial charge >= 0.3 is 0 Å². The highest BCUT2D eigenvalue weighted by atomic mass is 35.5. The predicted octanol–water partition coefficient (Wildman–Crippen LogP) is 2.74. The average molecular weight is 358 g/mol. The second kappa shape index (κ2) is 6.90. The van der Waals surface area contributed by atoms with Crippen molar-refractivity contribution in [1.29, 1.82) is 0 Å². The van der Waals surface area contributed by atoms with E-state index in [9.17, 15) is 9.59 Å². The number of halogens is 1. The molecule has 25 heavy (non-hydrogen) atoms. The molecule has 0 bridgehead atoms. The number of fused-ring (bicyclic) bond motifs is 1. The van der Waals surface area contributed by atoms with Crippen molar-refractivity contribution in [2.75, 3.05) is 0 Å². The normalized spacial score (nSPS) is 10.9. The first-order valence-electron chi connectivity index (χ1n) is 7.65. The van der Waals surface area contributed by atoms with Crippen LogP contribution in [-0.4, -0.2) is 26.6 Å². The quantitative estimate of drug-likeness (QED) is 0.705. The van der Waals surface area contributed by atoms with E-state index in [2.05, 4.69) is 20.9 Å².